The van der Waals surface area contributed by atoms with Crippen molar-refractivity contribution in [2.75, 3.05) is 0 Å². The van der Waals surface area contributed by atoms with Gasteiger partial charge in [0.15, 0.2) is 0 Å². The Hall–Kier alpha value is -1.46. The van der Waals surface area contributed by atoms with Crippen LogP contribution in [0.5, 0.6) is 5.75 Å². The molecule has 0 atom stereocenters. The molecule has 1 aromatic carbocycles. The van der Waals surface area contributed by atoms with Crippen LogP contribution >= 0.6 is 15.9 Å². The molecule has 132 valence electrons. The fourth-order valence-corrected chi connectivity index (χ4v) is 11.7. The molecule has 4 rings (SSSR count). The number of allylic oxidation sites excluding steroid dienone is 4. The van der Waals surface area contributed by atoms with Crippen molar-refractivity contribution < 1.29 is 9.90 Å². The Morgan fingerprint density at radius 3 is 2.58 bits per heavy atom. The summed E-state index contributed by atoms with van der Waals surface area (Å²) in [6.45, 7) is 4.42. The topological polar surface area (TPSA) is 49.7 Å². The van der Waals surface area contributed by atoms with Crippen molar-refractivity contribution in [2.45, 2.75) is 25.9 Å². The third-order valence-electron chi connectivity index (χ3n) is 5.39. The summed E-state index contributed by atoms with van der Waals surface area (Å²) in [6, 6.07) is 9.82. The van der Waals surface area contributed by atoms with Crippen LogP contribution in [0.1, 0.15) is 13.8 Å². The molecule has 3 nitrogen and oxygen atoms in total. The average molecular weight is 491 g/mol. The van der Waals surface area contributed by atoms with Crippen LogP contribution in [-0.4, -0.2) is 39.2 Å². The van der Waals surface area contributed by atoms with Crippen LogP contribution in [0.15, 0.2) is 56.0 Å². The van der Waals surface area contributed by atoms with Gasteiger partial charge in [0.2, 0.25) is 0 Å². The van der Waals surface area contributed by atoms with Gasteiger partial charge in [-0.15, -0.1) is 0 Å². The summed E-state index contributed by atoms with van der Waals surface area (Å²) in [7, 11) is -2.19. The fourth-order valence-electron chi connectivity index (χ4n) is 4.10. The van der Waals surface area contributed by atoms with Crippen LogP contribution in [0.4, 0.5) is 5.69 Å². The van der Waals surface area contributed by atoms with E-state index in [0.29, 0.717) is 5.75 Å². The van der Waals surface area contributed by atoms with Gasteiger partial charge in [-0.1, -0.05) is 0 Å². The Morgan fingerprint density at radius 1 is 1.15 bits per heavy atom. The normalized spacial score (nSPS) is 17.4. The predicted octanol–water partition coefficient (Wildman–Crippen LogP) is 4.26. The first-order valence-electron chi connectivity index (χ1n) is 8.65. The molecule has 2 aromatic rings. The van der Waals surface area contributed by atoms with E-state index in [9.17, 15) is 9.90 Å². The van der Waals surface area contributed by atoms with Crippen LogP contribution < -0.4 is 5.19 Å². The first-order chi connectivity index (χ1) is 12.5. The van der Waals surface area contributed by atoms with E-state index in [2.05, 4.69) is 41.9 Å². The van der Waals surface area contributed by atoms with E-state index in [1.807, 2.05) is 12.1 Å². The molecular formula is C20H18BrNO2SeSi. The minimum absolute atomic E-state index is 0.0385. The second-order valence-corrected chi connectivity index (χ2v) is 15.5. The van der Waals surface area contributed by atoms with Crippen molar-refractivity contribution in [3.05, 3.63) is 51.0 Å². The van der Waals surface area contributed by atoms with Crippen molar-refractivity contribution in [3.63, 3.8) is 0 Å². The number of rotatable bonds is 3. The Morgan fingerprint density at radius 2 is 1.92 bits per heavy atom. The standard InChI is InChI=1S/C20H18BrNO2SeSi/c1-3-26(4-2)17-11-12(23)5-6-13(17)22-14-7-8-15(24)19(20(14)26)16-9-10-18(21)25-16/h5-11,24H,3-4H2,1-2H3. The molecule has 6 heteroatoms. The quantitative estimate of drug-likeness (QED) is 0.516. The Kier molecular flexibility index (Phi) is 4.56. The molecule has 2 aliphatic rings. The maximum atomic E-state index is 12.1. The molecule has 0 radical (unpaired) electrons. The number of aromatic hydroxyl groups is 1. The number of fused-ring (bicyclic) bond motifs is 2. The van der Waals surface area contributed by atoms with Crippen molar-refractivity contribution in [3.8, 4) is 15.8 Å². The number of phenols is 1. The number of carbonyl (C=O) groups excluding carboxylic acids is 1. The molecule has 1 aliphatic carbocycles. The Balaban J connectivity index is 2.11. The molecule has 0 spiro atoms. The molecule has 0 amide bonds. The van der Waals surface area contributed by atoms with Crippen LogP contribution in [0.25, 0.3) is 10.0 Å². The van der Waals surface area contributed by atoms with E-state index < -0.39 is 8.07 Å². The van der Waals surface area contributed by atoms with Gasteiger partial charge in [0.1, 0.15) is 0 Å². The van der Waals surface area contributed by atoms with E-state index in [4.69, 9.17) is 4.99 Å². The van der Waals surface area contributed by atoms with E-state index in [0.717, 1.165) is 34.2 Å². The molecule has 0 bridgehead atoms. The Bertz CT molecular complexity index is 1010. The second kappa shape index (κ2) is 6.61. The summed E-state index contributed by atoms with van der Waals surface area (Å²) in [5.41, 5.74) is 2.84. The van der Waals surface area contributed by atoms with E-state index in [1.54, 1.807) is 18.2 Å². The summed E-state index contributed by atoms with van der Waals surface area (Å²) in [5.74, 6) is 0.361. The summed E-state index contributed by atoms with van der Waals surface area (Å²) in [4.78, 5) is 17.0. The Labute approximate surface area is 168 Å². The number of aliphatic imine (C=N–C) groups is 1. The maximum absolute atomic E-state index is 12.1. The first kappa shape index (κ1) is 17.9. The van der Waals surface area contributed by atoms with E-state index in [1.165, 1.54) is 13.0 Å². The van der Waals surface area contributed by atoms with Gasteiger partial charge in [-0.05, 0) is 0 Å². The summed E-state index contributed by atoms with van der Waals surface area (Å²) in [6.07, 6.45) is 5.25. The number of ketones is 1. The van der Waals surface area contributed by atoms with Gasteiger partial charge in [0.25, 0.3) is 0 Å². The van der Waals surface area contributed by atoms with Crippen LogP contribution in [-0.2, 0) is 4.79 Å². The van der Waals surface area contributed by atoms with Crippen molar-refractivity contribution >= 4 is 60.9 Å². The molecule has 1 aromatic heterocycles. The summed E-state index contributed by atoms with van der Waals surface area (Å²) in [5, 5.41) is 13.1. The predicted molar refractivity (Wildman–Crippen MR) is 114 cm³/mol. The molecular weight excluding hydrogens is 473 g/mol. The van der Waals surface area contributed by atoms with Crippen molar-refractivity contribution in [2.24, 2.45) is 4.99 Å². The minimum atomic E-state index is -2.19. The van der Waals surface area contributed by atoms with E-state index >= 15 is 0 Å². The van der Waals surface area contributed by atoms with Gasteiger partial charge in [0, 0.05) is 0 Å². The average Bonchev–Trinajstić information content (AvgIpc) is 3.06. The zero-order valence-corrected chi connectivity index (χ0v) is 18.8. The van der Waals surface area contributed by atoms with Crippen molar-refractivity contribution in [1.29, 1.82) is 0 Å². The zero-order valence-electron chi connectivity index (χ0n) is 14.5. The molecule has 1 N–H and O–H groups in total. The third kappa shape index (κ3) is 2.59. The molecule has 0 saturated heterocycles. The molecule has 1 aliphatic heterocycles. The monoisotopic (exact) mass is 491 g/mol. The number of carbonyl (C=O) groups is 1. The molecule has 2 heterocycles. The summed E-state index contributed by atoms with van der Waals surface area (Å²) < 4.78 is 2.35. The number of phenolic OH excluding ortho intramolecular Hbond substituents is 1. The summed E-state index contributed by atoms with van der Waals surface area (Å²) >= 11 is 3.74. The van der Waals surface area contributed by atoms with Gasteiger partial charge < -0.3 is 0 Å². The number of hydrogen-bond donors (Lipinski definition) is 1. The van der Waals surface area contributed by atoms with Crippen LogP contribution in [0.3, 0.4) is 0 Å². The molecule has 0 saturated carbocycles. The van der Waals surface area contributed by atoms with Gasteiger partial charge >= 0.3 is 168 Å². The van der Waals surface area contributed by atoms with Crippen molar-refractivity contribution in [1.82, 2.24) is 0 Å². The SMILES string of the molecule is CC[Si]1(CC)C2=CC(=O)C=CC2=Nc2ccc(O)c(-c3ccc(Br)[se]3)c21. The molecule has 0 unspecified atom stereocenters. The number of halogens is 1. The van der Waals surface area contributed by atoms with Gasteiger partial charge in [-0.25, -0.2) is 0 Å². The number of hydrogen-bond acceptors (Lipinski definition) is 3. The van der Waals surface area contributed by atoms with Gasteiger partial charge in [-0.3, -0.25) is 0 Å². The van der Waals surface area contributed by atoms with Gasteiger partial charge in [0.05, 0.1) is 0 Å². The van der Waals surface area contributed by atoms with Crippen LogP contribution in [0, 0.1) is 0 Å². The first-order valence-corrected chi connectivity index (χ1v) is 13.6. The molecule has 0 fully saturated rings. The van der Waals surface area contributed by atoms with E-state index in [-0.39, 0.29) is 20.3 Å². The fraction of sp³-hybridized carbons (Fsp3) is 0.200. The third-order valence-corrected chi connectivity index (χ3v) is 13.7. The second-order valence-electron chi connectivity index (χ2n) is 6.54. The van der Waals surface area contributed by atoms with Crippen LogP contribution in [0.2, 0.25) is 12.1 Å². The van der Waals surface area contributed by atoms with Gasteiger partial charge in [-0.2, -0.15) is 0 Å². The molecule has 26 heavy (non-hydrogen) atoms. The number of nitrogens with zero attached hydrogens (tertiary/aromatic N) is 1. The number of benzene rings is 1. The zero-order chi connectivity index (χ0) is 18.5.